The van der Waals surface area contributed by atoms with Crippen LogP contribution in [0.4, 0.5) is 4.39 Å². The van der Waals surface area contributed by atoms with Gasteiger partial charge in [-0.05, 0) is 64.3 Å². The van der Waals surface area contributed by atoms with Crippen LogP contribution in [-0.2, 0) is 0 Å². The molecule has 0 heterocycles. The summed E-state index contributed by atoms with van der Waals surface area (Å²) in [4.78, 5) is 0. The predicted octanol–water partition coefficient (Wildman–Crippen LogP) is 5.25. The van der Waals surface area contributed by atoms with Gasteiger partial charge in [-0.2, -0.15) is 0 Å². The standard InChI is InChI=1S/C16H16BrClFN/c1-3-20-16(11-5-7-15(19)13(17)9-11)12-6-4-10(2)8-14(12)18/h4-9,16,20H,3H2,1-2H3. The molecule has 0 bridgehead atoms. The van der Waals surface area contributed by atoms with E-state index in [0.717, 1.165) is 28.3 Å². The van der Waals surface area contributed by atoms with Gasteiger partial charge in [0.25, 0.3) is 0 Å². The second-order valence-electron chi connectivity index (χ2n) is 4.69. The minimum atomic E-state index is -0.265. The van der Waals surface area contributed by atoms with Gasteiger partial charge in [0.1, 0.15) is 5.82 Å². The van der Waals surface area contributed by atoms with E-state index in [4.69, 9.17) is 11.6 Å². The highest BCUT2D eigenvalue weighted by Crippen LogP contribution is 2.31. The van der Waals surface area contributed by atoms with Crippen molar-refractivity contribution in [3.8, 4) is 0 Å². The first kappa shape index (κ1) is 15.5. The lowest BCUT2D eigenvalue weighted by atomic mass is 9.97. The van der Waals surface area contributed by atoms with E-state index in [0.29, 0.717) is 4.47 Å². The average Bonchev–Trinajstić information content (AvgIpc) is 2.40. The van der Waals surface area contributed by atoms with Gasteiger partial charge in [-0.15, -0.1) is 0 Å². The number of aryl methyl sites for hydroxylation is 1. The Bertz CT molecular complexity index is 615. The summed E-state index contributed by atoms with van der Waals surface area (Å²) in [7, 11) is 0. The smallest absolute Gasteiger partial charge is 0.137 e. The van der Waals surface area contributed by atoms with Crippen LogP contribution in [0.25, 0.3) is 0 Å². The Morgan fingerprint density at radius 1 is 1.25 bits per heavy atom. The monoisotopic (exact) mass is 355 g/mol. The topological polar surface area (TPSA) is 12.0 Å². The fourth-order valence-electron chi connectivity index (χ4n) is 2.17. The largest absolute Gasteiger partial charge is 0.306 e. The zero-order valence-corrected chi connectivity index (χ0v) is 13.7. The number of nitrogens with one attached hydrogen (secondary N) is 1. The van der Waals surface area contributed by atoms with E-state index in [1.54, 1.807) is 12.1 Å². The highest BCUT2D eigenvalue weighted by molar-refractivity contribution is 9.10. The van der Waals surface area contributed by atoms with E-state index >= 15 is 0 Å². The van der Waals surface area contributed by atoms with Gasteiger partial charge in [-0.3, -0.25) is 0 Å². The van der Waals surface area contributed by atoms with Crippen LogP contribution < -0.4 is 5.32 Å². The molecule has 0 saturated carbocycles. The molecule has 0 aliphatic rings. The third kappa shape index (κ3) is 3.40. The second-order valence-corrected chi connectivity index (χ2v) is 5.95. The summed E-state index contributed by atoms with van der Waals surface area (Å²) in [5.74, 6) is -0.265. The fraction of sp³-hybridized carbons (Fsp3) is 0.250. The lowest BCUT2D eigenvalue weighted by molar-refractivity contribution is 0.608. The molecule has 4 heteroatoms. The molecule has 2 aromatic rings. The Kier molecular flexibility index (Phi) is 5.19. The van der Waals surface area contributed by atoms with Gasteiger partial charge >= 0.3 is 0 Å². The minimum absolute atomic E-state index is 0.0509. The van der Waals surface area contributed by atoms with E-state index in [-0.39, 0.29) is 11.9 Å². The maximum Gasteiger partial charge on any atom is 0.137 e. The van der Waals surface area contributed by atoms with E-state index in [9.17, 15) is 4.39 Å². The molecule has 0 aliphatic heterocycles. The molecule has 2 rings (SSSR count). The Balaban J connectivity index is 2.47. The molecule has 1 unspecified atom stereocenters. The van der Waals surface area contributed by atoms with Crippen molar-refractivity contribution in [1.29, 1.82) is 0 Å². The summed E-state index contributed by atoms with van der Waals surface area (Å²) < 4.78 is 13.8. The lowest BCUT2D eigenvalue weighted by Crippen LogP contribution is -2.22. The minimum Gasteiger partial charge on any atom is -0.306 e. The summed E-state index contributed by atoms with van der Waals surface area (Å²) in [6.07, 6.45) is 0. The molecule has 0 spiro atoms. The summed E-state index contributed by atoms with van der Waals surface area (Å²) in [6, 6.07) is 11.0. The van der Waals surface area contributed by atoms with Crippen LogP contribution in [0.5, 0.6) is 0 Å². The Morgan fingerprint density at radius 3 is 2.60 bits per heavy atom. The predicted molar refractivity (Wildman–Crippen MR) is 85.8 cm³/mol. The molecule has 0 aromatic heterocycles. The van der Waals surface area contributed by atoms with E-state index in [1.807, 2.05) is 32.0 Å². The van der Waals surface area contributed by atoms with E-state index in [2.05, 4.69) is 21.2 Å². The third-order valence-electron chi connectivity index (χ3n) is 3.15. The molecule has 0 fully saturated rings. The molecule has 1 atom stereocenters. The SMILES string of the molecule is CCNC(c1ccc(F)c(Br)c1)c1ccc(C)cc1Cl. The quantitative estimate of drug-likeness (QED) is 0.789. The maximum absolute atomic E-state index is 13.4. The highest BCUT2D eigenvalue weighted by Gasteiger charge is 2.17. The van der Waals surface area contributed by atoms with Crippen LogP contribution in [-0.4, -0.2) is 6.54 Å². The van der Waals surface area contributed by atoms with E-state index in [1.165, 1.54) is 6.07 Å². The average molecular weight is 357 g/mol. The summed E-state index contributed by atoms with van der Waals surface area (Å²) in [6.45, 7) is 4.84. The number of rotatable bonds is 4. The van der Waals surface area contributed by atoms with Gasteiger partial charge in [0.05, 0.1) is 10.5 Å². The van der Waals surface area contributed by atoms with Gasteiger partial charge in [-0.25, -0.2) is 4.39 Å². The highest BCUT2D eigenvalue weighted by atomic mass is 79.9. The van der Waals surface area contributed by atoms with Gasteiger partial charge < -0.3 is 5.32 Å². The Labute approximate surface area is 132 Å². The fourth-order valence-corrected chi connectivity index (χ4v) is 2.91. The van der Waals surface area contributed by atoms with Crippen LogP contribution in [0, 0.1) is 12.7 Å². The maximum atomic E-state index is 13.4. The van der Waals surface area contributed by atoms with Crippen molar-refractivity contribution in [3.05, 3.63) is 68.4 Å². The van der Waals surface area contributed by atoms with Crippen LogP contribution in [0.3, 0.4) is 0 Å². The van der Waals surface area contributed by atoms with Crippen molar-refractivity contribution in [3.63, 3.8) is 0 Å². The zero-order valence-electron chi connectivity index (χ0n) is 11.4. The number of hydrogen-bond acceptors (Lipinski definition) is 1. The number of hydrogen-bond donors (Lipinski definition) is 1. The van der Waals surface area contributed by atoms with Crippen molar-refractivity contribution >= 4 is 27.5 Å². The molecule has 20 heavy (non-hydrogen) atoms. The molecule has 1 N–H and O–H groups in total. The summed E-state index contributed by atoms with van der Waals surface area (Å²) in [5, 5.41) is 4.11. The Hall–Kier alpha value is -0.900. The number of halogens is 3. The molecule has 0 amide bonds. The van der Waals surface area contributed by atoms with Crippen LogP contribution in [0.15, 0.2) is 40.9 Å². The zero-order chi connectivity index (χ0) is 14.7. The third-order valence-corrected chi connectivity index (χ3v) is 4.09. The lowest BCUT2D eigenvalue weighted by Gasteiger charge is -2.21. The molecular formula is C16H16BrClFN. The van der Waals surface area contributed by atoms with Gasteiger partial charge in [0.15, 0.2) is 0 Å². The van der Waals surface area contributed by atoms with Crippen molar-refractivity contribution in [2.24, 2.45) is 0 Å². The first-order chi connectivity index (χ1) is 9.52. The first-order valence-electron chi connectivity index (χ1n) is 6.47. The van der Waals surface area contributed by atoms with Crippen LogP contribution >= 0.6 is 27.5 Å². The van der Waals surface area contributed by atoms with Crippen molar-refractivity contribution in [2.45, 2.75) is 19.9 Å². The molecule has 2 aromatic carbocycles. The van der Waals surface area contributed by atoms with Crippen LogP contribution in [0.2, 0.25) is 5.02 Å². The summed E-state index contributed by atoms with van der Waals surface area (Å²) in [5.41, 5.74) is 3.10. The van der Waals surface area contributed by atoms with E-state index < -0.39 is 0 Å². The molecular weight excluding hydrogens is 341 g/mol. The molecule has 0 saturated heterocycles. The molecule has 1 nitrogen and oxygen atoms in total. The molecule has 0 aliphatic carbocycles. The second kappa shape index (κ2) is 6.70. The summed E-state index contributed by atoms with van der Waals surface area (Å²) >= 11 is 9.59. The van der Waals surface area contributed by atoms with Crippen molar-refractivity contribution in [1.82, 2.24) is 5.32 Å². The Morgan fingerprint density at radius 2 is 2.00 bits per heavy atom. The van der Waals surface area contributed by atoms with Gasteiger partial charge in [-0.1, -0.05) is 36.7 Å². The van der Waals surface area contributed by atoms with Gasteiger partial charge in [0, 0.05) is 5.02 Å². The first-order valence-corrected chi connectivity index (χ1v) is 7.64. The molecule has 106 valence electrons. The van der Waals surface area contributed by atoms with Crippen molar-refractivity contribution < 1.29 is 4.39 Å². The van der Waals surface area contributed by atoms with Gasteiger partial charge in [0.2, 0.25) is 0 Å². The van der Waals surface area contributed by atoms with Crippen molar-refractivity contribution in [2.75, 3.05) is 6.54 Å². The normalized spacial score (nSPS) is 12.4. The van der Waals surface area contributed by atoms with Crippen LogP contribution in [0.1, 0.15) is 29.7 Å². The number of benzene rings is 2. The molecule has 0 radical (unpaired) electrons.